The molecule has 0 aliphatic carbocycles. The van der Waals surface area contributed by atoms with Crippen LogP contribution >= 0.6 is 11.8 Å². The first-order chi connectivity index (χ1) is 10.3. The highest BCUT2D eigenvalue weighted by atomic mass is 32.2. The molecule has 0 radical (unpaired) electrons. The summed E-state index contributed by atoms with van der Waals surface area (Å²) < 4.78 is 10.8. The van der Waals surface area contributed by atoms with Crippen molar-refractivity contribution < 1.29 is 19.4 Å². The van der Waals surface area contributed by atoms with Crippen LogP contribution in [0.5, 0.6) is 5.88 Å². The third kappa shape index (κ3) is 5.53. The van der Waals surface area contributed by atoms with Crippen molar-refractivity contribution in [1.82, 2.24) is 10.3 Å². The summed E-state index contributed by atoms with van der Waals surface area (Å²) in [5.74, 6) is 2.49. The van der Waals surface area contributed by atoms with Crippen molar-refractivity contribution in [1.29, 1.82) is 0 Å². The van der Waals surface area contributed by atoms with Gasteiger partial charge in [0.1, 0.15) is 6.10 Å². The third-order valence-corrected chi connectivity index (χ3v) is 4.07. The van der Waals surface area contributed by atoms with Crippen molar-refractivity contribution in [2.24, 2.45) is 0 Å². The molecule has 1 amide bonds. The van der Waals surface area contributed by atoms with E-state index in [-0.39, 0.29) is 25.2 Å². The molecule has 1 aromatic rings. The lowest BCUT2D eigenvalue weighted by Crippen LogP contribution is -2.27. The van der Waals surface area contributed by atoms with Gasteiger partial charge in [0.2, 0.25) is 5.88 Å². The maximum absolute atomic E-state index is 11.8. The Labute approximate surface area is 128 Å². The number of rotatable bonds is 8. The number of carbonyl (C=O) groups is 1. The summed E-state index contributed by atoms with van der Waals surface area (Å²) in [6.07, 6.45) is 2.79. The number of aliphatic hydroxyl groups excluding tert-OH is 1. The van der Waals surface area contributed by atoms with E-state index in [1.54, 1.807) is 12.1 Å². The van der Waals surface area contributed by atoms with E-state index in [9.17, 15) is 4.79 Å². The first-order valence-electron chi connectivity index (χ1n) is 6.97. The fourth-order valence-electron chi connectivity index (χ4n) is 1.87. The number of hydrogen-bond acceptors (Lipinski definition) is 6. The Morgan fingerprint density at radius 2 is 2.38 bits per heavy atom. The second kappa shape index (κ2) is 8.86. The van der Waals surface area contributed by atoms with Crippen LogP contribution in [0.4, 0.5) is 0 Å². The number of ether oxygens (including phenoxy) is 2. The quantitative estimate of drug-likeness (QED) is 0.688. The molecule has 0 aromatic carbocycles. The Bertz CT molecular complexity index is 435. The van der Waals surface area contributed by atoms with E-state index in [1.807, 2.05) is 11.8 Å². The van der Waals surface area contributed by atoms with Gasteiger partial charge in [0.05, 0.1) is 25.4 Å². The molecule has 1 saturated heterocycles. The number of nitrogens with zero attached hydrogens (tertiary/aromatic N) is 1. The van der Waals surface area contributed by atoms with Crippen molar-refractivity contribution in [3.8, 4) is 5.88 Å². The molecular formula is C14H20N2O4S. The third-order valence-electron chi connectivity index (χ3n) is 2.94. The maximum Gasteiger partial charge on any atom is 0.252 e. The van der Waals surface area contributed by atoms with Crippen LogP contribution in [0, 0.1) is 0 Å². The van der Waals surface area contributed by atoms with Gasteiger partial charge in [-0.1, -0.05) is 0 Å². The molecule has 116 valence electrons. The molecule has 1 unspecified atom stereocenters. The van der Waals surface area contributed by atoms with Crippen molar-refractivity contribution in [2.75, 3.05) is 37.9 Å². The monoisotopic (exact) mass is 312 g/mol. The SMILES string of the molecule is O=C(NCCOCCO)c1ccc(OC2CCSC2)nc1. The molecule has 1 aliphatic heterocycles. The van der Waals surface area contributed by atoms with Crippen molar-refractivity contribution in [3.63, 3.8) is 0 Å². The second-order valence-electron chi connectivity index (χ2n) is 4.58. The van der Waals surface area contributed by atoms with Crippen LogP contribution < -0.4 is 10.1 Å². The fraction of sp³-hybridized carbons (Fsp3) is 0.571. The van der Waals surface area contributed by atoms with Gasteiger partial charge >= 0.3 is 0 Å². The molecule has 0 saturated carbocycles. The topological polar surface area (TPSA) is 80.7 Å². The van der Waals surface area contributed by atoms with Gasteiger partial charge in [-0.25, -0.2) is 4.98 Å². The van der Waals surface area contributed by atoms with Gasteiger partial charge in [0, 0.05) is 24.6 Å². The van der Waals surface area contributed by atoms with Crippen LogP contribution in [0.3, 0.4) is 0 Å². The second-order valence-corrected chi connectivity index (χ2v) is 5.73. The average Bonchev–Trinajstić information content (AvgIpc) is 3.00. The summed E-state index contributed by atoms with van der Waals surface area (Å²) >= 11 is 1.88. The predicted octanol–water partition coefficient (Wildman–Crippen LogP) is 0.705. The summed E-state index contributed by atoms with van der Waals surface area (Å²) in [4.78, 5) is 16.0. The number of aromatic nitrogens is 1. The molecule has 2 N–H and O–H groups in total. The zero-order chi connectivity index (χ0) is 14.9. The Morgan fingerprint density at radius 1 is 1.48 bits per heavy atom. The Kier molecular flexibility index (Phi) is 6.78. The molecular weight excluding hydrogens is 292 g/mol. The summed E-state index contributed by atoms with van der Waals surface area (Å²) in [6.45, 7) is 1.04. The van der Waals surface area contributed by atoms with Crippen molar-refractivity contribution >= 4 is 17.7 Å². The van der Waals surface area contributed by atoms with Crippen molar-refractivity contribution in [3.05, 3.63) is 23.9 Å². The van der Waals surface area contributed by atoms with Gasteiger partial charge in [0.15, 0.2) is 0 Å². The van der Waals surface area contributed by atoms with Crippen LogP contribution in [0.2, 0.25) is 0 Å². The van der Waals surface area contributed by atoms with Crippen LogP contribution in [0.15, 0.2) is 18.3 Å². The molecule has 7 heteroatoms. The zero-order valence-electron chi connectivity index (χ0n) is 11.8. The van der Waals surface area contributed by atoms with Gasteiger partial charge in [-0.2, -0.15) is 11.8 Å². The Hall–Kier alpha value is -1.31. The minimum atomic E-state index is -0.196. The smallest absolute Gasteiger partial charge is 0.252 e. The lowest BCUT2D eigenvalue weighted by Gasteiger charge is -2.11. The lowest BCUT2D eigenvalue weighted by molar-refractivity contribution is 0.0838. The number of hydrogen-bond donors (Lipinski definition) is 2. The Balaban J connectivity index is 1.74. The number of thioether (sulfide) groups is 1. The van der Waals surface area contributed by atoms with Crippen LogP contribution in [-0.2, 0) is 4.74 Å². The summed E-state index contributed by atoms with van der Waals surface area (Å²) in [7, 11) is 0. The highest BCUT2D eigenvalue weighted by Gasteiger charge is 2.17. The van der Waals surface area contributed by atoms with E-state index >= 15 is 0 Å². The van der Waals surface area contributed by atoms with Crippen molar-refractivity contribution in [2.45, 2.75) is 12.5 Å². The summed E-state index contributed by atoms with van der Waals surface area (Å²) in [5, 5.41) is 11.3. The molecule has 1 aromatic heterocycles. The molecule has 0 bridgehead atoms. The van der Waals surface area contributed by atoms with Crippen LogP contribution in [0.1, 0.15) is 16.8 Å². The summed E-state index contributed by atoms with van der Waals surface area (Å²) in [5.41, 5.74) is 0.491. The predicted molar refractivity (Wildman–Crippen MR) is 80.8 cm³/mol. The van der Waals surface area contributed by atoms with Crippen LogP contribution in [0.25, 0.3) is 0 Å². The maximum atomic E-state index is 11.8. The van der Waals surface area contributed by atoms with Crippen LogP contribution in [-0.4, -0.2) is 60.0 Å². The molecule has 1 fully saturated rings. The number of pyridine rings is 1. The van der Waals surface area contributed by atoms with Gasteiger partial charge in [0.25, 0.3) is 5.91 Å². The van der Waals surface area contributed by atoms with Gasteiger partial charge in [-0.15, -0.1) is 0 Å². The van der Waals surface area contributed by atoms with Gasteiger partial charge in [-0.05, 0) is 18.2 Å². The van der Waals surface area contributed by atoms with E-state index < -0.39 is 0 Å². The van der Waals surface area contributed by atoms with E-state index in [0.717, 1.165) is 17.9 Å². The minimum Gasteiger partial charge on any atom is -0.473 e. The van der Waals surface area contributed by atoms with E-state index in [4.69, 9.17) is 14.6 Å². The number of nitrogens with one attached hydrogen (secondary N) is 1. The fourth-order valence-corrected chi connectivity index (χ4v) is 2.96. The number of carbonyl (C=O) groups excluding carboxylic acids is 1. The molecule has 1 atom stereocenters. The highest BCUT2D eigenvalue weighted by molar-refractivity contribution is 7.99. The normalized spacial score (nSPS) is 17.7. The standard InChI is InChI=1S/C14H20N2O4S/c17-5-7-19-6-4-15-14(18)11-1-2-13(16-9-11)20-12-3-8-21-10-12/h1-2,9,12,17H,3-8,10H2,(H,15,18). The Morgan fingerprint density at radius 3 is 3.05 bits per heavy atom. The average molecular weight is 312 g/mol. The highest BCUT2D eigenvalue weighted by Crippen LogP contribution is 2.21. The number of aliphatic hydroxyl groups is 1. The number of amides is 1. The largest absolute Gasteiger partial charge is 0.473 e. The first kappa shape index (κ1) is 16.1. The van der Waals surface area contributed by atoms with Gasteiger partial charge in [-0.3, -0.25) is 4.79 Å². The lowest BCUT2D eigenvalue weighted by atomic mass is 10.2. The first-order valence-corrected chi connectivity index (χ1v) is 8.12. The molecule has 1 aliphatic rings. The molecule has 0 spiro atoms. The van der Waals surface area contributed by atoms with E-state index in [2.05, 4.69) is 10.3 Å². The molecule has 21 heavy (non-hydrogen) atoms. The zero-order valence-corrected chi connectivity index (χ0v) is 12.6. The molecule has 2 heterocycles. The van der Waals surface area contributed by atoms with Gasteiger partial charge < -0.3 is 19.9 Å². The molecule has 2 rings (SSSR count). The van der Waals surface area contributed by atoms with E-state index in [1.165, 1.54) is 6.20 Å². The minimum absolute atomic E-state index is 0.0151. The molecule has 6 nitrogen and oxygen atoms in total. The summed E-state index contributed by atoms with van der Waals surface area (Å²) in [6, 6.07) is 3.43. The van der Waals surface area contributed by atoms with E-state index in [0.29, 0.717) is 24.6 Å².